The highest BCUT2D eigenvalue weighted by Crippen LogP contribution is 2.31. The monoisotopic (exact) mass is 701 g/mol. The van der Waals surface area contributed by atoms with E-state index in [9.17, 15) is 37.5 Å². The number of nitrogens with one attached hydrogen (secondary N) is 2. The van der Waals surface area contributed by atoms with Gasteiger partial charge in [-0.15, -0.1) is 0 Å². The Morgan fingerprint density at radius 2 is 1.47 bits per heavy atom. The molecule has 4 aromatic rings. The minimum atomic E-state index is -4.45. The van der Waals surface area contributed by atoms with Gasteiger partial charge in [-0.3, -0.25) is 14.4 Å². The van der Waals surface area contributed by atoms with Crippen molar-refractivity contribution in [2.24, 2.45) is 0 Å². The fourth-order valence-corrected chi connectivity index (χ4v) is 5.75. The third kappa shape index (κ3) is 9.53. The van der Waals surface area contributed by atoms with Crippen LogP contribution in [0.15, 0.2) is 97.1 Å². The number of aliphatic carboxylic acids is 1. The normalized spacial score (nSPS) is 14.9. The van der Waals surface area contributed by atoms with E-state index in [1.807, 2.05) is 42.5 Å². The summed E-state index contributed by atoms with van der Waals surface area (Å²) in [4.78, 5) is 53.8. The topological polar surface area (TPSA) is 125 Å². The fraction of sp³-hybridized carbons (Fsp3) is 0.282. The molecule has 5 rings (SSSR count). The van der Waals surface area contributed by atoms with Crippen LogP contribution in [0, 0.1) is 0 Å². The predicted molar refractivity (Wildman–Crippen MR) is 183 cm³/mol. The summed E-state index contributed by atoms with van der Waals surface area (Å²) in [5, 5.41) is 15.3. The van der Waals surface area contributed by atoms with E-state index in [0.717, 1.165) is 28.2 Å². The Morgan fingerprint density at radius 1 is 0.843 bits per heavy atom. The van der Waals surface area contributed by atoms with Gasteiger partial charge in [-0.2, -0.15) is 13.2 Å². The number of hydrogen-bond donors (Lipinski definition) is 3. The Morgan fingerprint density at radius 3 is 2.08 bits per heavy atom. The van der Waals surface area contributed by atoms with Gasteiger partial charge in [-0.25, -0.2) is 4.79 Å². The Labute approximate surface area is 293 Å². The molecule has 4 aromatic carbocycles. The molecule has 12 heteroatoms. The number of fused-ring (bicyclic) bond motifs is 1. The zero-order valence-electron chi connectivity index (χ0n) is 28.3. The van der Waals surface area contributed by atoms with Crippen LogP contribution in [-0.2, 0) is 51.3 Å². The van der Waals surface area contributed by atoms with Crippen LogP contribution in [0.4, 0.5) is 13.2 Å². The molecule has 0 bridgehead atoms. The van der Waals surface area contributed by atoms with Gasteiger partial charge in [0.25, 0.3) is 0 Å². The first-order chi connectivity index (χ1) is 24.1. The van der Waals surface area contributed by atoms with E-state index in [1.165, 1.54) is 12.1 Å². The highest BCUT2D eigenvalue weighted by molar-refractivity contribution is 6.35. The molecule has 3 N–H and O–H groups in total. The predicted octanol–water partition coefficient (Wildman–Crippen LogP) is 5.93. The number of nitrogens with zero attached hydrogens (tertiary/aromatic N) is 1. The summed E-state index contributed by atoms with van der Waals surface area (Å²) >= 11 is 0. The van der Waals surface area contributed by atoms with Gasteiger partial charge >= 0.3 is 24.0 Å². The lowest BCUT2D eigenvalue weighted by molar-refractivity contribution is -0.152. The molecular formula is C39H38F3N3O6. The Hall–Kier alpha value is -5.65. The van der Waals surface area contributed by atoms with Crippen LogP contribution in [0.3, 0.4) is 0 Å². The van der Waals surface area contributed by atoms with Crippen molar-refractivity contribution < 1.29 is 42.2 Å². The Bertz CT molecular complexity index is 1890. The second-order valence-corrected chi connectivity index (χ2v) is 13.4. The lowest BCUT2D eigenvalue weighted by atomic mass is 9.92. The van der Waals surface area contributed by atoms with Gasteiger partial charge in [0.1, 0.15) is 24.4 Å². The number of carboxylic acids is 1. The minimum Gasteiger partial charge on any atom is -0.489 e. The molecule has 0 saturated carbocycles. The summed E-state index contributed by atoms with van der Waals surface area (Å²) < 4.78 is 44.6. The van der Waals surface area contributed by atoms with Crippen molar-refractivity contribution in [3.05, 3.63) is 125 Å². The molecule has 1 aliphatic heterocycles. The number of rotatable bonds is 9. The van der Waals surface area contributed by atoms with Gasteiger partial charge in [-0.1, -0.05) is 72.8 Å². The second-order valence-electron chi connectivity index (χ2n) is 13.4. The SMILES string of the molecule is CC(C)(C)NC(=O)C(=O)N1Cc2cc(OCc3ccc(C(F)(F)F)cc3)ccc2C[C@H]1C(=O)N[C@@H](Cc1ccc(-c2ccccc2)cc1)C(=O)O. The number of amides is 3. The van der Waals surface area contributed by atoms with Gasteiger partial charge in [0.05, 0.1) is 5.56 Å². The summed E-state index contributed by atoms with van der Waals surface area (Å²) in [6.45, 7) is 4.94. The van der Waals surface area contributed by atoms with Crippen molar-refractivity contribution in [3.8, 4) is 16.9 Å². The van der Waals surface area contributed by atoms with E-state index < -0.39 is 53.1 Å². The molecule has 2 atom stereocenters. The average molecular weight is 702 g/mol. The maximum Gasteiger partial charge on any atom is 0.416 e. The fourth-order valence-electron chi connectivity index (χ4n) is 5.75. The van der Waals surface area contributed by atoms with Crippen LogP contribution >= 0.6 is 0 Å². The van der Waals surface area contributed by atoms with Crippen LogP contribution in [0.2, 0.25) is 0 Å². The third-order valence-corrected chi connectivity index (χ3v) is 8.36. The second kappa shape index (κ2) is 15.1. The number of ether oxygens (including phenoxy) is 1. The number of carbonyl (C=O) groups excluding carboxylic acids is 3. The quantitative estimate of drug-likeness (QED) is 0.186. The molecule has 1 heterocycles. The summed E-state index contributed by atoms with van der Waals surface area (Å²) in [5.41, 5.74) is 2.89. The van der Waals surface area contributed by atoms with E-state index >= 15 is 0 Å². The van der Waals surface area contributed by atoms with E-state index in [0.29, 0.717) is 28.0 Å². The number of alkyl halides is 3. The number of halogens is 3. The van der Waals surface area contributed by atoms with Gasteiger partial charge < -0.3 is 25.4 Å². The lowest BCUT2D eigenvalue weighted by Gasteiger charge is -2.36. The van der Waals surface area contributed by atoms with Crippen molar-refractivity contribution in [2.45, 2.75) is 70.6 Å². The van der Waals surface area contributed by atoms with Crippen LogP contribution in [0.5, 0.6) is 5.75 Å². The van der Waals surface area contributed by atoms with Crippen molar-refractivity contribution in [1.29, 1.82) is 0 Å². The van der Waals surface area contributed by atoms with Crippen LogP contribution in [0.1, 0.15) is 48.6 Å². The molecular weight excluding hydrogens is 663 g/mol. The van der Waals surface area contributed by atoms with Crippen molar-refractivity contribution in [2.75, 3.05) is 0 Å². The smallest absolute Gasteiger partial charge is 0.416 e. The standard InChI is InChI=1S/C39H38F3N3O6/c1-38(2,3)44-35(47)36(48)45-22-29-20-31(51-23-25-11-16-30(17-12-25)39(40,41)42)18-15-28(29)21-33(45)34(46)43-32(37(49)50)19-24-9-13-27(14-10-24)26-7-5-4-6-8-26/h4-18,20,32-33H,19,21-23H2,1-3H3,(H,43,46)(H,44,47)(H,49,50)/t32-,33-/m0/s1. The van der Waals surface area contributed by atoms with Gasteiger partial charge in [-0.05, 0) is 78.4 Å². The van der Waals surface area contributed by atoms with Crippen molar-refractivity contribution >= 4 is 23.7 Å². The molecule has 0 spiro atoms. The lowest BCUT2D eigenvalue weighted by Crippen LogP contribution is -2.59. The maximum absolute atomic E-state index is 13.8. The average Bonchev–Trinajstić information content (AvgIpc) is 3.09. The largest absolute Gasteiger partial charge is 0.489 e. The summed E-state index contributed by atoms with van der Waals surface area (Å²) in [6, 6.07) is 24.1. The molecule has 0 radical (unpaired) electrons. The number of carbonyl (C=O) groups is 4. The Balaban J connectivity index is 1.33. The van der Waals surface area contributed by atoms with E-state index in [1.54, 1.807) is 51.1 Å². The zero-order chi connectivity index (χ0) is 36.9. The van der Waals surface area contributed by atoms with Gasteiger partial charge in [0.15, 0.2) is 0 Å². The first-order valence-corrected chi connectivity index (χ1v) is 16.3. The van der Waals surface area contributed by atoms with E-state index in [4.69, 9.17) is 4.74 Å². The first kappa shape index (κ1) is 36.6. The van der Waals surface area contributed by atoms with Gasteiger partial charge in [0.2, 0.25) is 5.91 Å². The van der Waals surface area contributed by atoms with E-state index in [2.05, 4.69) is 10.6 Å². The highest BCUT2D eigenvalue weighted by Gasteiger charge is 2.39. The first-order valence-electron chi connectivity index (χ1n) is 16.3. The molecule has 3 amide bonds. The highest BCUT2D eigenvalue weighted by atomic mass is 19.4. The molecule has 0 fully saturated rings. The molecule has 0 aromatic heterocycles. The molecule has 0 saturated heterocycles. The molecule has 1 aliphatic rings. The van der Waals surface area contributed by atoms with Crippen LogP contribution in [-0.4, -0.2) is 51.3 Å². The van der Waals surface area contributed by atoms with Crippen LogP contribution < -0.4 is 15.4 Å². The molecule has 9 nitrogen and oxygen atoms in total. The molecule has 51 heavy (non-hydrogen) atoms. The third-order valence-electron chi connectivity index (χ3n) is 8.36. The number of hydrogen-bond acceptors (Lipinski definition) is 5. The van der Waals surface area contributed by atoms with E-state index in [-0.39, 0.29) is 26.0 Å². The van der Waals surface area contributed by atoms with Crippen molar-refractivity contribution in [1.82, 2.24) is 15.5 Å². The number of carboxylic acid groups (broad SMARTS) is 1. The Kier molecular flexibility index (Phi) is 10.8. The summed E-state index contributed by atoms with van der Waals surface area (Å²) in [7, 11) is 0. The van der Waals surface area contributed by atoms with Crippen molar-refractivity contribution in [3.63, 3.8) is 0 Å². The molecule has 266 valence electrons. The van der Waals surface area contributed by atoms with Gasteiger partial charge in [0, 0.05) is 24.9 Å². The minimum absolute atomic E-state index is 0.00694. The molecule has 0 aliphatic carbocycles. The zero-order valence-corrected chi connectivity index (χ0v) is 28.3. The molecule has 0 unspecified atom stereocenters. The summed E-state index contributed by atoms with van der Waals surface area (Å²) in [5.74, 6) is -3.51. The maximum atomic E-state index is 13.8. The number of benzene rings is 4. The summed E-state index contributed by atoms with van der Waals surface area (Å²) in [6.07, 6.45) is -4.48. The van der Waals surface area contributed by atoms with Crippen LogP contribution in [0.25, 0.3) is 11.1 Å².